The van der Waals surface area contributed by atoms with Gasteiger partial charge in [0, 0.05) is 19.1 Å². The van der Waals surface area contributed by atoms with E-state index >= 15 is 0 Å². The molecular formula is C12H18Cl2N2O2S2. The summed E-state index contributed by atoms with van der Waals surface area (Å²) in [7, 11) is -3.62. The monoisotopic (exact) mass is 356 g/mol. The minimum Gasteiger partial charge on any atom is -0.329 e. The Hall–Kier alpha value is 0.150. The molecule has 1 aromatic heterocycles. The van der Waals surface area contributed by atoms with Crippen molar-refractivity contribution in [3.63, 3.8) is 0 Å². The molecule has 8 heteroatoms. The molecule has 114 valence electrons. The van der Waals surface area contributed by atoms with Crippen LogP contribution in [0, 0.1) is 5.92 Å². The van der Waals surface area contributed by atoms with E-state index in [0.29, 0.717) is 23.3 Å². The fourth-order valence-electron chi connectivity index (χ4n) is 2.64. The number of nitrogens with two attached hydrogens (primary N) is 1. The number of hydrogen-bond donors (Lipinski definition) is 1. The molecule has 1 aliphatic rings. The van der Waals surface area contributed by atoms with Crippen LogP contribution in [0.2, 0.25) is 8.67 Å². The van der Waals surface area contributed by atoms with Gasteiger partial charge in [-0.2, -0.15) is 4.31 Å². The molecule has 0 spiro atoms. The molecule has 2 unspecified atom stereocenters. The van der Waals surface area contributed by atoms with Crippen molar-refractivity contribution in [2.24, 2.45) is 11.7 Å². The molecule has 1 aromatic rings. The predicted octanol–water partition coefficient (Wildman–Crippen LogP) is 3.19. The molecular weight excluding hydrogens is 339 g/mol. The number of sulfonamides is 1. The van der Waals surface area contributed by atoms with E-state index in [1.807, 2.05) is 0 Å². The van der Waals surface area contributed by atoms with Gasteiger partial charge < -0.3 is 5.73 Å². The third kappa shape index (κ3) is 3.15. The van der Waals surface area contributed by atoms with Crippen LogP contribution in [0.5, 0.6) is 0 Å². The third-order valence-corrected chi connectivity index (χ3v) is 7.54. The van der Waals surface area contributed by atoms with Gasteiger partial charge in [-0.25, -0.2) is 8.42 Å². The Balaban J connectivity index is 2.31. The summed E-state index contributed by atoms with van der Waals surface area (Å²) >= 11 is 12.9. The second kappa shape index (κ2) is 6.50. The maximum atomic E-state index is 12.7. The van der Waals surface area contributed by atoms with Gasteiger partial charge in [0.25, 0.3) is 0 Å². The Morgan fingerprint density at radius 3 is 2.70 bits per heavy atom. The Bertz CT molecular complexity index is 574. The maximum Gasteiger partial charge on any atom is 0.245 e. The Morgan fingerprint density at radius 2 is 2.20 bits per heavy atom. The van der Waals surface area contributed by atoms with Crippen molar-refractivity contribution in [1.29, 1.82) is 0 Å². The van der Waals surface area contributed by atoms with Crippen LogP contribution in [0.25, 0.3) is 0 Å². The van der Waals surface area contributed by atoms with Crippen LogP contribution in [0.15, 0.2) is 11.0 Å². The highest BCUT2D eigenvalue weighted by molar-refractivity contribution is 7.89. The highest BCUT2D eigenvalue weighted by atomic mass is 35.5. The lowest BCUT2D eigenvalue weighted by Crippen LogP contribution is -2.49. The molecule has 2 heterocycles. The van der Waals surface area contributed by atoms with E-state index in [0.717, 1.165) is 30.6 Å². The fourth-order valence-corrected chi connectivity index (χ4v) is 6.42. The lowest BCUT2D eigenvalue weighted by Gasteiger charge is -2.37. The lowest BCUT2D eigenvalue weighted by atomic mass is 9.90. The predicted molar refractivity (Wildman–Crippen MR) is 84.1 cm³/mol. The van der Waals surface area contributed by atoms with Gasteiger partial charge in [-0.3, -0.25) is 0 Å². The van der Waals surface area contributed by atoms with Crippen LogP contribution in [0.4, 0.5) is 0 Å². The summed E-state index contributed by atoms with van der Waals surface area (Å²) in [6.45, 7) is 2.94. The molecule has 4 nitrogen and oxygen atoms in total. The summed E-state index contributed by atoms with van der Waals surface area (Å²) in [6, 6.07) is 1.26. The van der Waals surface area contributed by atoms with E-state index in [2.05, 4.69) is 6.92 Å². The first-order chi connectivity index (χ1) is 9.40. The number of nitrogens with zero attached hydrogens (tertiary/aromatic N) is 1. The fraction of sp³-hybridized carbons (Fsp3) is 0.667. The van der Waals surface area contributed by atoms with Crippen molar-refractivity contribution >= 4 is 44.6 Å². The minimum absolute atomic E-state index is 0.0996. The summed E-state index contributed by atoms with van der Waals surface area (Å²) < 4.78 is 27.5. The first-order valence-electron chi connectivity index (χ1n) is 6.56. The quantitative estimate of drug-likeness (QED) is 0.900. The van der Waals surface area contributed by atoms with E-state index in [9.17, 15) is 8.42 Å². The summed E-state index contributed by atoms with van der Waals surface area (Å²) in [5, 5.41) is 0. The van der Waals surface area contributed by atoms with E-state index in [4.69, 9.17) is 28.9 Å². The van der Waals surface area contributed by atoms with Gasteiger partial charge in [-0.1, -0.05) is 36.5 Å². The van der Waals surface area contributed by atoms with Gasteiger partial charge in [0.15, 0.2) is 0 Å². The first-order valence-corrected chi connectivity index (χ1v) is 9.58. The van der Waals surface area contributed by atoms with Crippen LogP contribution in [-0.2, 0) is 10.0 Å². The van der Waals surface area contributed by atoms with Crippen molar-refractivity contribution in [1.82, 2.24) is 4.31 Å². The third-order valence-electron chi connectivity index (χ3n) is 3.83. The molecule has 0 amide bonds. The molecule has 2 atom stereocenters. The van der Waals surface area contributed by atoms with Gasteiger partial charge in [0.2, 0.25) is 10.0 Å². The van der Waals surface area contributed by atoms with E-state index in [1.54, 1.807) is 0 Å². The molecule has 2 N–H and O–H groups in total. The SMILES string of the molecule is CCC1CCN(S(=O)(=O)c2cc(Cl)sc2Cl)C(CN)C1. The van der Waals surface area contributed by atoms with E-state index in [-0.39, 0.29) is 15.3 Å². The second-order valence-electron chi connectivity index (χ2n) is 4.99. The zero-order chi connectivity index (χ0) is 14.9. The highest BCUT2D eigenvalue weighted by Gasteiger charge is 2.37. The topological polar surface area (TPSA) is 63.4 Å². The molecule has 0 aromatic carbocycles. The zero-order valence-corrected chi connectivity index (χ0v) is 14.3. The van der Waals surface area contributed by atoms with Crippen LogP contribution in [0.1, 0.15) is 26.2 Å². The number of halogens is 2. The molecule has 0 saturated carbocycles. The normalized spacial score (nSPS) is 25.0. The zero-order valence-electron chi connectivity index (χ0n) is 11.2. The highest BCUT2D eigenvalue weighted by Crippen LogP contribution is 2.38. The van der Waals surface area contributed by atoms with Crippen LogP contribution in [0.3, 0.4) is 0 Å². The molecule has 2 rings (SSSR count). The summed E-state index contributed by atoms with van der Waals surface area (Å²) in [4.78, 5) is 0.0996. The molecule has 1 fully saturated rings. The van der Waals surface area contributed by atoms with Crippen molar-refractivity contribution in [3.8, 4) is 0 Å². The molecule has 20 heavy (non-hydrogen) atoms. The van der Waals surface area contributed by atoms with Gasteiger partial charge in [-0.15, -0.1) is 11.3 Å². The number of piperidine rings is 1. The molecule has 1 aliphatic heterocycles. The Morgan fingerprint density at radius 1 is 1.50 bits per heavy atom. The summed E-state index contributed by atoms with van der Waals surface area (Å²) in [5.41, 5.74) is 5.77. The maximum absolute atomic E-state index is 12.7. The van der Waals surface area contributed by atoms with Gasteiger partial charge in [0.1, 0.15) is 9.23 Å². The number of rotatable bonds is 4. The summed E-state index contributed by atoms with van der Waals surface area (Å²) in [5.74, 6) is 0.538. The summed E-state index contributed by atoms with van der Waals surface area (Å²) in [6.07, 6.45) is 2.72. The van der Waals surface area contributed by atoms with Crippen molar-refractivity contribution in [3.05, 3.63) is 14.7 Å². The van der Waals surface area contributed by atoms with Gasteiger partial charge in [-0.05, 0) is 24.8 Å². The van der Waals surface area contributed by atoms with Crippen molar-refractivity contribution in [2.45, 2.75) is 37.1 Å². The average molecular weight is 357 g/mol. The van der Waals surface area contributed by atoms with Crippen molar-refractivity contribution in [2.75, 3.05) is 13.1 Å². The molecule has 0 aliphatic carbocycles. The van der Waals surface area contributed by atoms with Gasteiger partial charge >= 0.3 is 0 Å². The van der Waals surface area contributed by atoms with Crippen LogP contribution in [-0.4, -0.2) is 31.9 Å². The minimum atomic E-state index is -3.62. The first kappa shape index (κ1) is 16.5. The standard InChI is InChI=1S/C12H18Cl2N2O2S2/c1-2-8-3-4-16(9(5-8)7-15)20(17,18)10-6-11(13)19-12(10)14/h6,8-9H,2-5,7,15H2,1H3. The van der Waals surface area contributed by atoms with Crippen molar-refractivity contribution < 1.29 is 8.42 Å². The average Bonchev–Trinajstić information content (AvgIpc) is 2.77. The molecule has 0 radical (unpaired) electrons. The Labute approximate surface area is 133 Å². The number of hydrogen-bond acceptors (Lipinski definition) is 4. The van der Waals surface area contributed by atoms with Crippen LogP contribution >= 0.6 is 34.5 Å². The van der Waals surface area contributed by atoms with Gasteiger partial charge in [0.05, 0.1) is 4.34 Å². The Kier molecular flexibility index (Phi) is 5.37. The van der Waals surface area contributed by atoms with Crippen LogP contribution < -0.4 is 5.73 Å². The molecule has 0 bridgehead atoms. The second-order valence-corrected chi connectivity index (χ2v) is 9.14. The smallest absolute Gasteiger partial charge is 0.245 e. The number of thiophene rings is 1. The largest absolute Gasteiger partial charge is 0.329 e. The lowest BCUT2D eigenvalue weighted by molar-refractivity contribution is 0.198. The van der Waals surface area contributed by atoms with E-state index < -0.39 is 10.0 Å². The molecule has 1 saturated heterocycles. The van der Waals surface area contributed by atoms with E-state index in [1.165, 1.54) is 10.4 Å².